The van der Waals surface area contributed by atoms with Gasteiger partial charge < -0.3 is 0 Å². The van der Waals surface area contributed by atoms with Crippen molar-refractivity contribution in [3.63, 3.8) is 0 Å². The summed E-state index contributed by atoms with van der Waals surface area (Å²) in [6.45, 7) is 3.33. The van der Waals surface area contributed by atoms with Crippen molar-refractivity contribution in [3.05, 3.63) is 0 Å². The minimum absolute atomic E-state index is 0.0766. The minimum atomic E-state index is -0.0766. The number of amides is 1. The molecule has 0 aromatic rings. The van der Waals surface area contributed by atoms with E-state index in [4.69, 9.17) is 0 Å². The summed E-state index contributed by atoms with van der Waals surface area (Å²) >= 11 is -0.0766. The third-order valence-electron chi connectivity index (χ3n) is 2.05. The second kappa shape index (κ2) is 5.75. The summed E-state index contributed by atoms with van der Waals surface area (Å²) in [5.41, 5.74) is 0. The molecule has 1 aliphatic rings. The van der Waals surface area contributed by atoms with Crippen molar-refractivity contribution in [1.82, 2.24) is 8.43 Å². The maximum absolute atomic E-state index is 11.1. The van der Waals surface area contributed by atoms with Gasteiger partial charge in [0.2, 0.25) is 0 Å². The summed E-state index contributed by atoms with van der Waals surface area (Å²) in [6, 6.07) is 0. The predicted octanol–water partition coefficient (Wildman–Crippen LogP) is -2.78. The van der Waals surface area contributed by atoms with E-state index in [1.807, 2.05) is 0 Å². The molecule has 4 heteroatoms. The Balaban J connectivity index is 2.03. The van der Waals surface area contributed by atoms with E-state index in [0.717, 1.165) is 6.54 Å². The fourth-order valence-electron chi connectivity index (χ4n) is 1.42. The van der Waals surface area contributed by atoms with E-state index in [2.05, 4.69) is 13.4 Å². The molecule has 0 radical (unpaired) electrons. The summed E-state index contributed by atoms with van der Waals surface area (Å²) in [4.78, 5) is 15.5. The van der Waals surface area contributed by atoms with E-state index >= 15 is 0 Å². The fraction of sp³-hybridized carbons (Fsp3) is 0.875. The molecule has 0 spiro atoms. The van der Waals surface area contributed by atoms with Crippen LogP contribution in [0.4, 0.5) is 0 Å². The zero-order chi connectivity index (χ0) is 8.81. The van der Waals surface area contributed by atoms with Gasteiger partial charge in [-0.25, -0.2) is 0 Å². The van der Waals surface area contributed by atoms with Crippen LogP contribution >= 0.6 is 0 Å². The van der Waals surface area contributed by atoms with Crippen molar-refractivity contribution >= 4 is 5.91 Å². The zero-order valence-electron chi connectivity index (χ0n) is 7.48. The first-order valence-corrected chi connectivity index (χ1v) is 7.56. The molecule has 1 saturated heterocycles. The summed E-state index contributed by atoms with van der Waals surface area (Å²) < 4.78 is 2.91. The SMILES string of the molecule is C[I-]NC(=O)CCN1CCCC1. The number of nitrogens with zero attached hydrogens (tertiary/aromatic N) is 1. The quantitative estimate of drug-likeness (QED) is 0.344. The number of rotatable bonds is 4. The number of hydrogen-bond acceptors (Lipinski definition) is 2. The number of likely N-dealkylation sites (tertiary alicyclic amines) is 1. The van der Waals surface area contributed by atoms with Gasteiger partial charge in [0.05, 0.1) is 0 Å². The molecule has 0 bridgehead atoms. The Hall–Kier alpha value is 0.160. The van der Waals surface area contributed by atoms with Gasteiger partial charge in [0.1, 0.15) is 0 Å². The van der Waals surface area contributed by atoms with Gasteiger partial charge in [0.25, 0.3) is 0 Å². The molecular weight excluding hydrogens is 267 g/mol. The Bertz CT molecular complexity index is 146. The molecule has 0 unspecified atom stereocenters. The summed E-state index contributed by atoms with van der Waals surface area (Å²) in [6.07, 6.45) is 3.30. The van der Waals surface area contributed by atoms with Gasteiger partial charge in [0, 0.05) is 0 Å². The number of carbonyl (C=O) groups excluding carboxylic acids is 1. The topological polar surface area (TPSA) is 32.3 Å². The van der Waals surface area contributed by atoms with Gasteiger partial charge in [0.15, 0.2) is 0 Å². The van der Waals surface area contributed by atoms with Crippen LogP contribution in [-0.2, 0) is 4.79 Å². The van der Waals surface area contributed by atoms with Crippen LogP contribution < -0.4 is 25.0 Å². The van der Waals surface area contributed by atoms with Crippen LogP contribution in [0, 0.1) is 0 Å². The molecule has 0 saturated carbocycles. The van der Waals surface area contributed by atoms with Gasteiger partial charge in [-0.3, -0.25) is 0 Å². The van der Waals surface area contributed by atoms with Crippen molar-refractivity contribution in [2.45, 2.75) is 19.3 Å². The zero-order valence-corrected chi connectivity index (χ0v) is 9.63. The van der Waals surface area contributed by atoms with Gasteiger partial charge in [-0.1, -0.05) is 0 Å². The summed E-state index contributed by atoms with van der Waals surface area (Å²) in [5.74, 6) is 0.234. The van der Waals surface area contributed by atoms with Crippen molar-refractivity contribution in [2.75, 3.05) is 24.6 Å². The molecule has 72 valence electrons. The number of nitrogens with one attached hydrogen (secondary N) is 1. The maximum atomic E-state index is 11.1. The molecule has 1 fully saturated rings. The third kappa shape index (κ3) is 3.71. The second-order valence-electron chi connectivity index (χ2n) is 3.01. The van der Waals surface area contributed by atoms with Crippen molar-refractivity contribution < 1.29 is 26.3 Å². The van der Waals surface area contributed by atoms with E-state index < -0.39 is 0 Å². The molecule has 1 heterocycles. The van der Waals surface area contributed by atoms with Crippen LogP contribution in [0.15, 0.2) is 0 Å². The molecule has 1 N–H and O–H groups in total. The third-order valence-corrected chi connectivity index (χ3v) is 3.19. The fourth-order valence-corrected chi connectivity index (χ4v) is 2.29. The van der Waals surface area contributed by atoms with Crippen molar-refractivity contribution in [3.8, 4) is 0 Å². The Morgan fingerprint density at radius 3 is 2.75 bits per heavy atom. The van der Waals surface area contributed by atoms with E-state index in [0.29, 0.717) is 6.42 Å². The summed E-state index contributed by atoms with van der Waals surface area (Å²) in [5, 5.41) is 0. The predicted molar refractivity (Wildman–Crippen MR) is 44.4 cm³/mol. The first-order valence-electron chi connectivity index (χ1n) is 4.32. The van der Waals surface area contributed by atoms with Crippen LogP contribution in [0.5, 0.6) is 0 Å². The van der Waals surface area contributed by atoms with Gasteiger partial charge in [-0.05, 0) is 0 Å². The standard InChI is InChI=1S/C8H16IN2O/c1-9-10-8(12)4-7-11-5-2-3-6-11/h2-7H2,1H3,(H,10,12)/q-1. The Kier molecular flexibility index (Phi) is 4.90. The molecule has 0 aromatic carbocycles. The molecule has 3 nitrogen and oxygen atoms in total. The number of carbonyl (C=O) groups is 1. The Morgan fingerprint density at radius 1 is 1.50 bits per heavy atom. The van der Waals surface area contributed by atoms with Crippen LogP contribution in [0.3, 0.4) is 0 Å². The number of halogens is 1. The molecule has 0 aliphatic carbocycles. The van der Waals surface area contributed by atoms with E-state index in [9.17, 15) is 4.79 Å². The molecular formula is C8H16IN2O-. The number of hydrogen-bond donors (Lipinski definition) is 1. The Labute approximate surface area is 84.5 Å². The molecule has 0 aromatic heterocycles. The van der Waals surface area contributed by atoms with Gasteiger partial charge >= 0.3 is 84.4 Å². The number of alkyl halides is 1. The molecule has 1 amide bonds. The average Bonchev–Trinajstić information content (AvgIpc) is 2.53. The van der Waals surface area contributed by atoms with E-state index in [1.54, 1.807) is 0 Å². The molecule has 1 aliphatic heterocycles. The second-order valence-corrected chi connectivity index (χ2v) is 4.62. The van der Waals surface area contributed by atoms with E-state index in [1.165, 1.54) is 25.9 Å². The van der Waals surface area contributed by atoms with Crippen molar-refractivity contribution in [1.29, 1.82) is 0 Å². The van der Waals surface area contributed by atoms with Crippen LogP contribution in [0.25, 0.3) is 0 Å². The van der Waals surface area contributed by atoms with Crippen LogP contribution in [0.2, 0.25) is 0 Å². The molecule has 0 atom stereocenters. The van der Waals surface area contributed by atoms with Crippen molar-refractivity contribution in [2.24, 2.45) is 0 Å². The van der Waals surface area contributed by atoms with E-state index in [-0.39, 0.29) is 27.4 Å². The summed E-state index contributed by atoms with van der Waals surface area (Å²) in [7, 11) is 0. The van der Waals surface area contributed by atoms with Crippen LogP contribution in [0.1, 0.15) is 19.3 Å². The first kappa shape index (κ1) is 10.2. The first-order chi connectivity index (χ1) is 5.83. The normalized spacial score (nSPS) is 18.4. The van der Waals surface area contributed by atoms with Crippen LogP contribution in [-0.4, -0.2) is 35.4 Å². The monoisotopic (exact) mass is 283 g/mol. The molecule has 12 heavy (non-hydrogen) atoms. The van der Waals surface area contributed by atoms with Gasteiger partial charge in [-0.2, -0.15) is 0 Å². The Morgan fingerprint density at radius 2 is 2.17 bits per heavy atom. The molecule has 1 rings (SSSR count). The average molecular weight is 283 g/mol. The van der Waals surface area contributed by atoms with Gasteiger partial charge in [-0.15, -0.1) is 0 Å².